The lowest BCUT2D eigenvalue weighted by atomic mass is 9.93. The van der Waals surface area contributed by atoms with E-state index in [0.717, 1.165) is 24.6 Å². The molecule has 3 heterocycles. The van der Waals surface area contributed by atoms with Crippen LogP contribution in [0.25, 0.3) is 11.3 Å². The van der Waals surface area contributed by atoms with Gasteiger partial charge in [-0.05, 0) is 38.0 Å². The molecule has 1 saturated heterocycles. The molecule has 0 bridgehead atoms. The molecule has 5 nitrogen and oxygen atoms in total. The SMILES string of the molecule is C[C@@H]1CCC(COc2ccc(F)cn2)CN1C(=O)c1cccnc1-c1ccccc1. The van der Waals surface area contributed by atoms with Crippen molar-refractivity contribution in [2.45, 2.75) is 25.8 Å². The largest absolute Gasteiger partial charge is 0.477 e. The van der Waals surface area contributed by atoms with Gasteiger partial charge < -0.3 is 9.64 Å². The number of nitrogens with zero attached hydrogens (tertiary/aromatic N) is 3. The maximum atomic E-state index is 13.5. The van der Waals surface area contributed by atoms with E-state index in [9.17, 15) is 9.18 Å². The van der Waals surface area contributed by atoms with E-state index >= 15 is 0 Å². The van der Waals surface area contributed by atoms with Crippen LogP contribution in [0.2, 0.25) is 0 Å². The molecular formula is C24H24FN3O2. The summed E-state index contributed by atoms with van der Waals surface area (Å²) in [5, 5.41) is 0. The van der Waals surface area contributed by atoms with Gasteiger partial charge in [-0.3, -0.25) is 9.78 Å². The van der Waals surface area contributed by atoms with E-state index in [2.05, 4.69) is 16.9 Å². The van der Waals surface area contributed by atoms with Crippen LogP contribution in [0.3, 0.4) is 0 Å². The van der Waals surface area contributed by atoms with Crippen LogP contribution >= 0.6 is 0 Å². The smallest absolute Gasteiger partial charge is 0.256 e. The van der Waals surface area contributed by atoms with Crippen LogP contribution in [-0.4, -0.2) is 40.0 Å². The Morgan fingerprint density at radius 1 is 1.10 bits per heavy atom. The number of pyridine rings is 2. The summed E-state index contributed by atoms with van der Waals surface area (Å²) in [7, 11) is 0. The average molecular weight is 405 g/mol. The number of rotatable bonds is 5. The standard InChI is InChI=1S/C24H24FN3O2/c1-17-9-10-18(16-30-22-12-11-20(25)14-27-22)15-28(17)24(29)21-8-5-13-26-23(21)19-6-3-2-4-7-19/h2-8,11-14,17-18H,9-10,15-16H2,1H3/t17-,18?/m1/s1. The predicted octanol–water partition coefficient (Wildman–Crippen LogP) is 4.60. The zero-order valence-electron chi connectivity index (χ0n) is 16.9. The summed E-state index contributed by atoms with van der Waals surface area (Å²) < 4.78 is 18.7. The van der Waals surface area contributed by atoms with Crippen molar-refractivity contribution >= 4 is 5.91 Å². The fraction of sp³-hybridized carbons (Fsp3) is 0.292. The number of halogens is 1. The molecule has 0 saturated carbocycles. The number of carbonyl (C=O) groups excluding carboxylic acids is 1. The molecule has 1 fully saturated rings. The molecule has 1 amide bonds. The van der Waals surface area contributed by atoms with E-state index in [-0.39, 0.29) is 17.9 Å². The molecule has 4 rings (SSSR count). The highest BCUT2D eigenvalue weighted by molar-refractivity contribution is 6.00. The minimum Gasteiger partial charge on any atom is -0.477 e. The predicted molar refractivity (Wildman–Crippen MR) is 113 cm³/mol. The maximum absolute atomic E-state index is 13.5. The highest BCUT2D eigenvalue weighted by Crippen LogP contribution is 2.28. The molecule has 154 valence electrons. The molecule has 3 aromatic rings. The van der Waals surface area contributed by atoms with Gasteiger partial charge in [0.1, 0.15) is 5.82 Å². The highest BCUT2D eigenvalue weighted by atomic mass is 19.1. The molecule has 1 unspecified atom stereocenters. The molecule has 2 aromatic heterocycles. The monoisotopic (exact) mass is 405 g/mol. The van der Waals surface area contributed by atoms with Crippen LogP contribution in [0.5, 0.6) is 5.88 Å². The third-order valence-corrected chi connectivity index (χ3v) is 5.49. The number of benzene rings is 1. The molecule has 1 aliphatic rings. The molecule has 0 N–H and O–H groups in total. The van der Waals surface area contributed by atoms with E-state index < -0.39 is 5.82 Å². The minimum absolute atomic E-state index is 0.0148. The van der Waals surface area contributed by atoms with Gasteiger partial charge in [0.15, 0.2) is 0 Å². The van der Waals surface area contributed by atoms with Gasteiger partial charge in [0.25, 0.3) is 5.91 Å². The number of hydrogen-bond donors (Lipinski definition) is 0. The van der Waals surface area contributed by atoms with Gasteiger partial charge in [0, 0.05) is 36.3 Å². The van der Waals surface area contributed by atoms with Crippen LogP contribution in [0.15, 0.2) is 67.0 Å². The van der Waals surface area contributed by atoms with E-state index in [0.29, 0.717) is 30.3 Å². The van der Waals surface area contributed by atoms with Crippen molar-refractivity contribution in [3.05, 3.63) is 78.4 Å². The molecule has 0 spiro atoms. The second kappa shape index (κ2) is 9.03. The maximum Gasteiger partial charge on any atom is 0.256 e. The molecule has 2 atom stereocenters. The van der Waals surface area contributed by atoms with Crippen molar-refractivity contribution in [3.63, 3.8) is 0 Å². The second-order valence-electron chi connectivity index (χ2n) is 7.64. The number of ether oxygens (including phenoxy) is 1. The van der Waals surface area contributed by atoms with Gasteiger partial charge in [0.05, 0.1) is 24.1 Å². The first-order chi connectivity index (χ1) is 14.6. The van der Waals surface area contributed by atoms with Gasteiger partial charge in [-0.15, -0.1) is 0 Å². The lowest BCUT2D eigenvalue weighted by Crippen LogP contribution is -2.47. The summed E-state index contributed by atoms with van der Waals surface area (Å²) in [4.78, 5) is 23.8. The van der Waals surface area contributed by atoms with Crippen molar-refractivity contribution in [2.24, 2.45) is 5.92 Å². The summed E-state index contributed by atoms with van der Waals surface area (Å²) in [6, 6.07) is 16.4. The van der Waals surface area contributed by atoms with Gasteiger partial charge in [-0.2, -0.15) is 0 Å². The Balaban J connectivity index is 1.49. The first-order valence-corrected chi connectivity index (χ1v) is 10.2. The zero-order valence-corrected chi connectivity index (χ0v) is 16.9. The van der Waals surface area contributed by atoms with E-state index in [1.165, 1.54) is 12.1 Å². The quantitative estimate of drug-likeness (QED) is 0.622. The first-order valence-electron chi connectivity index (χ1n) is 10.2. The Hall–Kier alpha value is -3.28. The number of likely N-dealkylation sites (tertiary alicyclic amines) is 1. The van der Waals surface area contributed by atoms with Gasteiger partial charge >= 0.3 is 0 Å². The second-order valence-corrected chi connectivity index (χ2v) is 7.64. The third-order valence-electron chi connectivity index (χ3n) is 5.49. The Labute approximate surface area is 175 Å². The molecule has 1 aliphatic heterocycles. The lowest BCUT2D eigenvalue weighted by molar-refractivity contribution is 0.0503. The van der Waals surface area contributed by atoms with Crippen molar-refractivity contribution in [3.8, 4) is 17.1 Å². The van der Waals surface area contributed by atoms with Crippen LogP contribution in [0.4, 0.5) is 4.39 Å². The Bertz CT molecular complexity index is 995. The fourth-order valence-electron chi connectivity index (χ4n) is 3.81. The van der Waals surface area contributed by atoms with Crippen molar-refractivity contribution in [2.75, 3.05) is 13.2 Å². The highest BCUT2D eigenvalue weighted by Gasteiger charge is 2.31. The molecular weight excluding hydrogens is 381 g/mol. The molecule has 30 heavy (non-hydrogen) atoms. The molecule has 0 radical (unpaired) electrons. The van der Waals surface area contributed by atoms with Crippen LogP contribution in [0, 0.1) is 11.7 Å². The summed E-state index contributed by atoms with van der Waals surface area (Å²) >= 11 is 0. The van der Waals surface area contributed by atoms with Gasteiger partial charge in [-0.25, -0.2) is 9.37 Å². The summed E-state index contributed by atoms with van der Waals surface area (Å²) in [5.74, 6) is 0.177. The van der Waals surface area contributed by atoms with E-state index in [1.807, 2.05) is 41.3 Å². The Kier molecular flexibility index (Phi) is 6.02. The average Bonchev–Trinajstić information content (AvgIpc) is 2.80. The number of aromatic nitrogens is 2. The van der Waals surface area contributed by atoms with Crippen LogP contribution in [0.1, 0.15) is 30.1 Å². The summed E-state index contributed by atoms with van der Waals surface area (Å²) in [6.45, 7) is 3.12. The topological polar surface area (TPSA) is 55.3 Å². The molecule has 0 aliphatic carbocycles. The molecule has 1 aromatic carbocycles. The van der Waals surface area contributed by atoms with E-state index in [4.69, 9.17) is 4.74 Å². The third kappa shape index (κ3) is 4.48. The number of carbonyl (C=O) groups is 1. The fourth-order valence-corrected chi connectivity index (χ4v) is 3.81. The first kappa shape index (κ1) is 20.0. The Morgan fingerprint density at radius 2 is 1.93 bits per heavy atom. The van der Waals surface area contributed by atoms with Crippen molar-refractivity contribution in [1.82, 2.24) is 14.9 Å². The van der Waals surface area contributed by atoms with Crippen molar-refractivity contribution in [1.29, 1.82) is 0 Å². The molecule has 6 heteroatoms. The van der Waals surface area contributed by atoms with Gasteiger partial charge in [-0.1, -0.05) is 30.3 Å². The normalized spacial score (nSPS) is 18.8. The number of piperidine rings is 1. The minimum atomic E-state index is -0.392. The zero-order chi connectivity index (χ0) is 20.9. The van der Waals surface area contributed by atoms with Crippen molar-refractivity contribution < 1.29 is 13.9 Å². The number of amides is 1. The lowest BCUT2D eigenvalue weighted by Gasteiger charge is -2.38. The summed E-state index contributed by atoms with van der Waals surface area (Å²) in [5.41, 5.74) is 2.23. The number of hydrogen-bond acceptors (Lipinski definition) is 4. The van der Waals surface area contributed by atoms with Gasteiger partial charge in [0.2, 0.25) is 5.88 Å². The Morgan fingerprint density at radius 3 is 2.70 bits per heavy atom. The van der Waals surface area contributed by atoms with Crippen LogP contribution < -0.4 is 4.74 Å². The summed E-state index contributed by atoms with van der Waals surface area (Å²) in [6.07, 6.45) is 4.72. The van der Waals surface area contributed by atoms with E-state index in [1.54, 1.807) is 12.3 Å². The van der Waals surface area contributed by atoms with Crippen LogP contribution in [-0.2, 0) is 0 Å².